The Bertz CT molecular complexity index is 359. The first-order valence-corrected chi connectivity index (χ1v) is 6.01. The first-order valence-electron chi connectivity index (χ1n) is 5.48. The van der Waals surface area contributed by atoms with E-state index in [0.29, 0.717) is 12.3 Å². The number of aryl methyl sites for hydroxylation is 1. The van der Waals surface area contributed by atoms with Crippen molar-refractivity contribution in [3.05, 3.63) is 17.5 Å². The lowest BCUT2D eigenvalue weighted by Gasteiger charge is -2.12. The standard InChI is InChI=1S/C11H15ClN2O/c12-7-3-6-11(15)14-10-5-2-1-4-9(10)8-13-14/h8H,1-7H2. The highest BCUT2D eigenvalue weighted by Crippen LogP contribution is 2.20. The number of rotatable bonds is 3. The fourth-order valence-corrected chi connectivity index (χ4v) is 2.16. The van der Waals surface area contributed by atoms with Gasteiger partial charge >= 0.3 is 0 Å². The zero-order chi connectivity index (χ0) is 10.7. The van der Waals surface area contributed by atoms with Crippen LogP contribution < -0.4 is 0 Å². The van der Waals surface area contributed by atoms with Crippen LogP contribution in [0.5, 0.6) is 0 Å². The molecule has 0 aromatic carbocycles. The van der Waals surface area contributed by atoms with Crippen molar-refractivity contribution in [2.24, 2.45) is 0 Å². The summed E-state index contributed by atoms with van der Waals surface area (Å²) in [6.07, 6.45) is 7.51. The van der Waals surface area contributed by atoms with Crippen LogP contribution >= 0.6 is 11.6 Å². The Morgan fingerprint density at radius 2 is 2.27 bits per heavy atom. The van der Waals surface area contributed by atoms with Gasteiger partial charge in [0.15, 0.2) is 0 Å². The van der Waals surface area contributed by atoms with E-state index in [9.17, 15) is 4.79 Å². The van der Waals surface area contributed by atoms with Crippen molar-refractivity contribution in [1.29, 1.82) is 0 Å². The van der Waals surface area contributed by atoms with E-state index >= 15 is 0 Å². The molecule has 1 aromatic rings. The van der Waals surface area contributed by atoms with Crippen molar-refractivity contribution in [2.75, 3.05) is 5.88 Å². The average molecular weight is 227 g/mol. The number of carbonyl (C=O) groups excluding carboxylic acids is 1. The van der Waals surface area contributed by atoms with E-state index in [1.807, 2.05) is 6.20 Å². The molecule has 0 spiro atoms. The summed E-state index contributed by atoms with van der Waals surface area (Å²) in [4.78, 5) is 11.8. The molecular formula is C11H15ClN2O. The molecule has 0 radical (unpaired) electrons. The number of carbonyl (C=O) groups is 1. The molecule has 1 heterocycles. The maximum absolute atomic E-state index is 11.8. The Labute approximate surface area is 94.4 Å². The molecule has 2 rings (SSSR count). The fraction of sp³-hybridized carbons (Fsp3) is 0.636. The van der Waals surface area contributed by atoms with Crippen LogP contribution in [0.25, 0.3) is 0 Å². The second-order valence-corrected chi connectivity index (χ2v) is 4.30. The lowest BCUT2D eigenvalue weighted by Crippen LogP contribution is -2.17. The number of halogens is 1. The largest absolute Gasteiger partial charge is 0.273 e. The van der Waals surface area contributed by atoms with E-state index < -0.39 is 0 Å². The molecule has 0 amide bonds. The van der Waals surface area contributed by atoms with Crippen LogP contribution in [-0.4, -0.2) is 21.6 Å². The van der Waals surface area contributed by atoms with Gasteiger partial charge in [0.1, 0.15) is 0 Å². The minimum absolute atomic E-state index is 0.0822. The summed E-state index contributed by atoms with van der Waals surface area (Å²) >= 11 is 5.57. The first-order chi connectivity index (χ1) is 7.33. The normalized spacial score (nSPS) is 15.0. The van der Waals surface area contributed by atoms with Crippen molar-refractivity contribution in [1.82, 2.24) is 9.78 Å². The quantitative estimate of drug-likeness (QED) is 0.742. The van der Waals surface area contributed by atoms with E-state index in [1.54, 1.807) is 4.68 Å². The molecule has 0 saturated heterocycles. The predicted molar refractivity (Wildman–Crippen MR) is 59.4 cm³/mol. The van der Waals surface area contributed by atoms with Crippen LogP contribution in [-0.2, 0) is 12.8 Å². The Morgan fingerprint density at radius 1 is 1.47 bits per heavy atom. The lowest BCUT2D eigenvalue weighted by molar-refractivity contribution is 0.0882. The summed E-state index contributed by atoms with van der Waals surface area (Å²) in [5.74, 6) is 0.619. The molecule has 1 aromatic heterocycles. The maximum Gasteiger partial charge on any atom is 0.247 e. The van der Waals surface area contributed by atoms with Crippen LogP contribution in [0.3, 0.4) is 0 Å². The van der Waals surface area contributed by atoms with Crippen LogP contribution in [0.4, 0.5) is 0 Å². The van der Waals surface area contributed by atoms with Crippen LogP contribution in [0.2, 0.25) is 0 Å². The monoisotopic (exact) mass is 226 g/mol. The SMILES string of the molecule is O=C(CCCCl)n1ncc2c1CCCC2. The molecule has 0 aliphatic heterocycles. The molecule has 0 saturated carbocycles. The van der Waals surface area contributed by atoms with Gasteiger partial charge < -0.3 is 0 Å². The highest BCUT2D eigenvalue weighted by atomic mass is 35.5. The van der Waals surface area contributed by atoms with Gasteiger partial charge in [0.25, 0.3) is 0 Å². The summed E-state index contributed by atoms with van der Waals surface area (Å²) in [6, 6.07) is 0. The summed E-state index contributed by atoms with van der Waals surface area (Å²) in [5, 5.41) is 4.17. The smallest absolute Gasteiger partial charge is 0.247 e. The number of hydrogen-bond acceptors (Lipinski definition) is 2. The van der Waals surface area contributed by atoms with E-state index in [1.165, 1.54) is 18.4 Å². The molecule has 0 bridgehead atoms. The molecule has 15 heavy (non-hydrogen) atoms. The molecule has 4 heteroatoms. The molecule has 0 N–H and O–H groups in total. The van der Waals surface area contributed by atoms with Gasteiger partial charge in [-0.3, -0.25) is 4.79 Å². The minimum Gasteiger partial charge on any atom is -0.273 e. The summed E-state index contributed by atoms with van der Waals surface area (Å²) in [5.41, 5.74) is 2.38. The summed E-state index contributed by atoms with van der Waals surface area (Å²) in [7, 11) is 0. The molecule has 0 unspecified atom stereocenters. The van der Waals surface area contributed by atoms with E-state index in [2.05, 4.69) is 5.10 Å². The highest BCUT2D eigenvalue weighted by molar-refractivity contribution is 6.17. The van der Waals surface area contributed by atoms with Crippen molar-refractivity contribution < 1.29 is 4.79 Å². The van der Waals surface area contributed by atoms with Gasteiger partial charge in [0.05, 0.1) is 11.9 Å². The van der Waals surface area contributed by atoms with Crippen molar-refractivity contribution in [3.63, 3.8) is 0 Å². The molecule has 0 atom stereocenters. The van der Waals surface area contributed by atoms with Gasteiger partial charge in [-0.15, -0.1) is 11.6 Å². The number of aromatic nitrogens is 2. The van der Waals surface area contributed by atoms with Crippen molar-refractivity contribution in [2.45, 2.75) is 38.5 Å². The predicted octanol–water partition coefficient (Wildman–Crippen LogP) is 2.42. The zero-order valence-electron chi connectivity index (χ0n) is 8.71. The second-order valence-electron chi connectivity index (χ2n) is 3.92. The van der Waals surface area contributed by atoms with Gasteiger partial charge in [0, 0.05) is 12.3 Å². The number of fused-ring (bicyclic) bond motifs is 1. The van der Waals surface area contributed by atoms with Gasteiger partial charge in [-0.2, -0.15) is 5.10 Å². The van der Waals surface area contributed by atoms with Gasteiger partial charge in [-0.05, 0) is 37.7 Å². The fourth-order valence-electron chi connectivity index (χ4n) is 2.03. The third kappa shape index (κ3) is 2.23. The van der Waals surface area contributed by atoms with Crippen LogP contribution in [0.1, 0.15) is 41.7 Å². The Morgan fingerprint density at radius 3 is 3.07 bits per heavy atom. The van der Waals surface area contributed by atoms with Crippen molar-refractivity contribution in [3.8, 4) is 0 Å². The van der Waals surface area contributed by atoms with Crippen molar-refractivity contribution >= 4 is 17.5 Å². The maximum atomic E-state index is 11.8. The molecule has 3 nitrogen and oxygen atoms in total. The second kappa shape index (κ2) is 4.79. The van der Waals surface area contributed by atoms with Gasteiger partial charge in [0.2, 0.25) is 5.91 Å². The first kappa shape index (κ1) is 10.7. The Kier molecular flexibility index (Phi) is 3.41. The zero-order valence-corrected chi connectivity index (χ0v) is 9.46. The van der Waals surface area contributed by atoms with Gasteiger partial charge in [-0.25, -0.2) is 4.68 Å². The number of hydrogen-bond donors (Lipinski definition) is 0. The highest BCUT2D eigenvalue weighted by Gasteiger charge is 2.18. The molecular weight excluding hydrogens is 212 g/mol. The number of nitrogens with zero attached hydrogens (tertiary/aromatic N) is 2. The summed E-state index contributed by atoms with van der Waals surface area (Å²) in [6.45, 7) is 0. The summed E-state index contributed by atoms with van der Waals surface area (Å²) < 4.78 is 1.58. The molecule has 1 aliphatic carbocycles. The number of alkyl halides is 1. The van der Waals surface area contributed by atoms with Gasteiger partial charge in [-0.1, -0.05) is 0 Å². The molecule has 82 valence electrons. The van der Waals surface area contributed by atoms with E-state index in [-0.39, 0.29) is 5.91 Å². The topological polar surface area (TPSA) is 34.9 Å². The Balaban J connectivity index is 2.14. The molecule has 1 aliphatic rings. The molecule has 0 fully saturated rings. The third-order valence-corrected chi connectivity index (χ3v) is 3.09. The third-order valence-electron chi connectivity index (χ3n) is 2.83. The van der Waals surface area contributed by atoms with Crippen LogP contribution in [0.15, 0.2) is 6.20 Å². The van der Waals surface area contributed by atoms with Crippen LogP contribution in [0, 0.1) is 0 Å². The lowest BCUT2D eigenvalue weighted by atomic mass is 9.98. The Hall–Kier alpha value is -0.830. The average Bonchev–Trinajstić information content (AvgIpc) is 2.69. The van der Waals surface area contributed by atoms with E-state index in [0.717, 1.165) is 25.0 Å². The van der Waals surface area contributed by atoms with E-state index in [4.69, 9.17) is 11.6 Å². The minimum atomic E-state index is 0.0822.